The predicted octanol–water partition coefficient (Wildman–Crippen LogP) is 3.04. The molecule has 172 valence electrons. The highest BCUT2D eigenvalue weighted by molar-refractivity contribution is 5.97. The number of fused-ring (bicyclic) bond motifs is 1. The lowest BCUT2D eigenvalue weighted by molar-refractivity contribution is -0.117. The molecule has 0 fully saturated rings. The van der Waals surface area contributed by atoms with Gasteiger partial charge < -0.3 is 25.4 Å². The minimum Gasteiger partial charge on any atom is -0.491 e. The van der Waals surface area contributed by atoms with Crippen LogP contribution in [0.1, 0.15) is 44.4 Å². The zero-order valence-corrected chi connectivity index (χ0v) is 19.2. The van der Waals surface area contributed by atoms with Crippen LogP contribution in [0.25, 0.3) is 0 Å². The molecule has 2 aromatic rings. The highest BCUT2D eigenvalue weighted by Gasteiger charge is 2.21. The van der Waals surface area contributed by atoms with E-state index in [1.165, 1.54) is 5.56 Å². The molecule has 1 unspecified atom stereocenters. The van der Waals surface area contributed by atoms with Crippen LogP contribution in [0, 0.1) is 0 Å². The van der Waals surface area contributed by atoms with Gasteiger partial charge in [-0.25, -0.2) is 4.99 Å². The molecule has 0 spiro atoms. The van der Waals surface area contributed by atoms with Crippen molar-refractivity contribution in [2.45, 2.75) is 45.8 Å². The van der Waals surface area contributed by atoms with Crippen LogP contribution in [-0.4, -0.2) is 49.3 Å². The summed E-state index contributed by atoms with van der Waals surface area (Å²) in [4.78, 5) is 19.1. The number of carbonyl (C=O) groups is 1. The number of aliphatic imine (C=N–C) groups is 1. The second-order valence-electron chi connectivity index (χ2n) is 8.11. The maximum Gasteiger partial charge on any atom is 0.248 e. The second kappa shape index (κ2) is 11.5. The minimum atomic E-state index is -0.737. The van der Waals surface area contributed by atoms with E-state index in [1.54, 1.807) is 0 Å². The summed E-state index contributed by atoms with van der Waals surface area (Å²) in [5.74, 6) is 1.19. The molecule has 0 bridgehead atoms. The number of carbonyl (C=O) groups excluding carboxylic acids is 1. The molecule has 0 aliphatic carbocycles. The lowest BCUT2D eigenvalue weighted by Crippen LogP contribution is -2.41. The number of para-hydroxylation sites is 1. The number of nitrogens with zero attached hydrogens (tertiary/aromatic N) is 2. The highest BCUT2D eigenvalue weighted by Crippen LogP contribution is 2.26. The maximum atomic E-state index is 12.9. The topological polar surface area (TPSA) is 86.2 Å². The van der Waals surface area contributed by atoms with Gasteiger partial charge >= 0.3 is 0 Å². The number of hydrogen-bond acceptors (Lipinski definition) is 4. The van der Waals surface area contributed by atoms with Gasteiger partial charge in [0, 0.05) is 25.3 Å². The van der Waals surface area contributed by atoms with Crippen LogP contribution >= 0.6 is 0 Å². The Morgan fingerprint density at radius 1 is 1.19 bits per heavy atom. The van der Waals surface area contributed by atoms with Gasteiger partial charge in [-0.1, -0.05) is 30.3 Å². The average molecular weight is 439 g/mol. The molecule has 2 aromatic carbocycles. The number of hydrogen-bond donors (Lipinski definition) is 3. The summed E-state index contributed by atoms with van der Waals surface area (Å²) in [6.45, 7) is 7.56. The van der Waals surface area contributed by atoms with E-state index in [-0.39, 0.29) is 25.1 Å². The number of aryl methyl sites for hydroxylation is 1. The molecule has 0 saturated carbocycles. The molecule has 0 saturated heterocycles. The van der Waals surface area contributed by atoms with Crippen LogP contribution in [0.15, 0.2) is 53.5 Å². The summed E-state index contributed by atoms with van der Waals surface area (Å²) in [6.07, 6.45) is 1.28. The van der Waals surface area contributed by atoms with Crippen LogP contribution < -0.4 is 20.3 Å². The Hall–Kier alpha value is -3.06. The minimum absolute atomic E-state index is 0.0339. The Balaban J connectivity index is 1.60. The summed E-state index contributed by atoms with van der Waals surface area (Å²) >= 11 is 0. The third-order valence-corrected chi connectivity index (χ3v) is 5.21. The molecule has 1 aliphatic rings. The Kier molecular flexibility index (Phi) is 8.50. The molecular formula is C25H34N4O3. The van der Waals surface area contributed by atoms with Crippen LogP contribution in [0.4, 0.5) is 5.69 Å². The first-order chi connectivity index (χ1) is 15.5. The fourth-order valence-electron chi connectivity index (χ4n) is 3.74. The number of ether oxygens (including phenoxy) is 1. The van der Waals surface area contributed by atoms with E-state index in [0.717, 1.165) is 29.8 Å². The third-order valence-electron chi connectivity index (χ3n) is 5.21. The molecule has 1 heterocycles. The Morgan fingerprint density at radius 3 is 2.78 bits per heavy atom. The molecule has 1 amide bonds. The van der Waals surface area contributed by atoms with Crippen molar-refractivity contribution in [1.29, 1.82) is 0 Å². The molecule has 0 aromatic heterocycles. The molecule has 1 atom stereocenters. The summed E-state index contributed by atoms with van der Waals surface area (Å²) in [6, 6.07) is 15.5. The van der Waals surface area contributed by atoms with Gasteiger partial charge in [-0.3, -0.25) is 4.79 Å². The second-order valence-corrected chi connectivity index (χ2v) is 8.11. The summed E-state index contributed by atoms with van der Waals surface area (Å²) < 4.78 is 5.71. The van der Waals surface area contributed by atoms with Crippen molar-refractivity contribution in [3.8, 4) is 5.75 Å². The van der Waals surface area contributed by atoms with Crippen molar-refractivity contribution < 1.29 is 14.6 Å². The van der Waals surface area contributed by atoms with E-state index in [2.05, 4.69) is 21.7 Å². The first-order valence-corrected chi connectivity index (χ1v) is 11.3. The van der Waals surface area contributed by atoms with Gasteiger partial charge in [0.2, 0.25) is 5.91 Å². The van der Waals surface area contributed by atoms with Crippen molar-refractivity contribution in [2.24, 2.45) is 4.99 Å². The van der Waals surface area contributed by atoms with E-state index in [0.29, 0.717) is 19.0 Å². The zero-order valence-electron chi connectivity index (χ0n) is 19.2. The molecule has 7 heteroatoms. The van der Waals surface area contributed by atoms with Gasteiger partial charge in [-0.2, -0.15) is 0 Å². The van der Waals surface area contributed by atoms with Crippen molar-refractivity contribution >= 4 is 17.6 Å². The molecule has 3 N–H and O–H groups in total. The van der Waals surface area contributed by atoms with E-state index in [4.69, 9.17) is 4.74 Å². The SMILES string of the molecule is CCNC(=NCC(=O)N1CCCc2ccccc21)NCC(O)c1cccc(OC(C)C)c1. The number of rotatable bonds is 8. The number of aliphatic hydroxyl groups is 1. The molecular weight excluding hydrogens is 404 g/mol. The van der Waals surface area contributed by atoms with Crippen molar-refractivity contribution in [3.05, 3.63) is 59.7 Å². The monoisotopic (exact) mass is 438 g/mol. The number of amides is 1. The van der Waals surface area contributed by atoms with Crippen LogP contribution in [-0.2, 0) is 11.2 Å². The number of anilines is 1. The van der Waals surface area contributed by atoms with Gasteiger partial charge in [0.1, 0.15) is 12.3 Å². The Labute approximate surface area is 190 Å². The van der Waals surface area contributed by atoms with Gasteiger partial charge in [-0.15, -0.1) is 0 Å². The highest BCUT2D eigenvalue weighted by atomic mass is 16.5. The summed E-state index contributed by atoms with van der Waals surface area (Å²) in [5.41, 5.74) is 2.94. The van der Waals surface area contributed by atoms with E-state index in [1.807, 2.05) is 68.1 Å². The molecule has 7 nitrogen and oxygen atoms in total. The lowest BCUT2D eigenvalue weighted by Gasteiger charge is -2.29. The quantitative estimate of drug-likeness (QED) is 0.436. The zero-order chi connectivity index (χ0) is 22.9. The normalized spacial score (nSPS) is 14.7. The predicted molar refractivity (Wildman–Crippen MR) is 128 cm³/mol. The number of guanidine groups is 1. The summed E-state index contributed by atoms with van der Waals surface area (Å²) in [7, 11) is 0. The number of aliphatic hydroxyl groups excluding tert-OH is 1. The summed E-state index contributed by atoms with van der Waals surface area (Å²) in [5, 5.41) is 16.9. The molecule has 32 heavy (non-hydrogen) atoms. The molecule has 3 rings (SSSR count). The molecule has 1 aliphatic heterocycles. The largest absolute Gasteiger partial charge is 0.491 e. The smallest absolute Gasteiger partial charge is 0.248 e. The molecule has 0 radical (unpaired) electrons. The Morgan fingerprint density at radius 2 is 2.00 bits per heavy atom. The van der Waals surface area contributed by atoms with Crippen LogP contribution in [0.3, 0.4) is 0 Å². The fourth-order valence-corrected chi connectivity index (χ4v) is 3.74. The van der Waals surface area contributed by atoms with Gasteiger partial charge in [0.05, 0.1) is 12.2 Å². The third kappa shape index (κ3) is 6.47. The van der Waals surface area contributed by atoms with Gasteiger partial charge in [0.15, 0.2) is 5.96 Å². The van der Waals surface area contributed by atoms with Gasteiger partial charge in [0.25, 0.3) is 0 Å². The van der Waals surface area contributed by atoms with Crippen molar-refractivity contribution in [3.63, 3.8) is 0 Å². The fraction of sp³-hybridized carbons (Fsp3) is 0.440. The van der Waals surface area contributed by atoms with Crippen molar-refractivity contribution in [1.82, 2.24) is 10.6 Å². The first kappa shape index (κ1) is 23.6. The van der Waals surface area contributed by atoms with E-state index in [9.17, 15) is 9.90 Å². The average Bonchev–Trinajstić information content (AvgIpc) is 2.79. The first-order valence-electron chi connectivity index (χ1n) is 11.3. The standard InChI is InChI=1S/C25H34N4O3/c1-4-26-25(27-16-23(30)20-10-7-12-21(15-20)32-18(2)3)28-17-24(31)29-14-8-11-19-9-5-6-13-22(19)29/h5-7,9-10,12-13,15,18,23,30H,4,8,11,14,16-17H2,1-3H3,(H2,26,27,28). The van der Waals surface area contributed by atoms with E-state index < -0.39 is 6.10 Å². The van der Waals surface area contributed by atoms with Crippen molar-refractivity contribution in [2.75, 3.05) is 31.1 Å². The Bertz CT molecular complexity index is 929. The number of benzene rings is 2. The maximum absolute atomic E-state index is 12.9. The van der Waals surface area contributed by atoms with Crippen LogP contribution in [0.2, 0.25) is 0 Å². The lowest BCUT2D eigenvalue weighted by atomic mass is 10.0. The van der Waals surface area contributed by atoms with Crippen LogP contribution in [0.5, 0.6) is 5.75 Å². The van der Waals surface area contributed by atoms with E-state index >= 15 is 0 Å². The van der Waals surface area contributed by atoms with Gasteiger partial charge in [-0.05, 0) is 62.9 Å². The number of nitrogens with one attached hydrogen (secondary N) is 2.